The molecule has 1 aliphatic heterocycles. The molecule has 2 aromatic rings. The van der Waals surface area contributed by atoms with Crippen molar-refractivity contribution in [3.05, 3.63) is 29.0 Å². The van der Waals surface area contributed by atoms with E-state index in [9.17, 15) is 9.59 Å². The Morgan fingerprint density at radius 1 is 1.28 bits per heavy atom. The van der Waals surface area contributed by atoms with Crippen molar-refractivity contribution in [2.24, 2.45) is 0 Å². The van der Waals surface area contributed by atoms with Crippen LogP contribution in [0.15, 0.2) is 16.5 Å². The fourth-order valence-corrected chi connectivity index (χ4v) is 4.77. The standard InChI is InChI=1S/C22H29N3O4/c1-13-10-14-11-15(19(26)24-21(2,3)12-28-4)29-18(14)16-17(13)23-20(27)25-22(16)8-6-5-7-9-22/h10-11H,5-9,12H2,1-4H3,(H,24,26)(H2,23,25,27). The Hall–Kier alpha value is -2.54. The number of anilines is 1. The summed E-state index contributed by atoms with van der Waals surface area (Å²) in [7, 11) is 1.61. The van der Waals surface area contributed by atoms with E-state index < -0.39 is 11.1 Å². The number of amides is 3. The van der Waals surface area contributed by atoms with Gasteiger partial charge in [0.05, 0.1) is 23.4 Å². The predicted molar refractivity (Wildman–Crippen MR) is 111 cm³/mol. The van der Waals surface area contributed by atoms with Crippen molar-refractivity contribution in [3.8, 4) is 0 Å². The van der Waals surface area contributed by atoms with E-state index in [1.54, 1.807) is 13.2 Å². The molecule has 0 unspecified atom stereocenters. The van der Waals surface area contributed by atoms with E-state index in [0.29, 0.717) is 12.2 Å². The molecule has 1 aromatic carbocycles. The molecule has 0 saturated heterocycles. The van der Waals surface area contributed by atoms with Crippen molar-refractivity contribution >= 4 is 28.6 Å². The highest BCUT2D eigenvalue weighted by Crippen LogP contribution is 2.47. The largest absolute Gasteiger partial charge is 0.450 e. The summed E-state index contributed by atoms with van der Waals surface area (Å²) in [6.07, 6.45) is 5.00. The van der Waals surface area contributed by atoms with Crippen molar-refractivity contribution in [1.82, 2.24) is 10.6 Å². The molecule has 3 amide bonds. The highest BCUT2D eigenvalue weighted by Gasteiger charge is 2.43. The molecule has 1 aliphatic carbocycles. The van der Waals surface area contributed by atoms with Crippen molar-refractivity contribution < 1.29 is 18.7 Å². The highest BCUT2D eigenvalue weighted by atomic mass is 16.5. The summed E-state index contributed by atoms with van der Waals surface area (Å²) < 4.78 is 11.3. The third-order valence-electron chi connectivity index (χ3n) is 5.96. The van der Waals surface area contributed by atoms with E-state index in [4.69, 9.17) is 9.15 Å². The molecule has 2 heterocycles. The average Bonchev–Trinajstić information content (AvgIpc) is 3.05. The predicted octanol–water partition coefficient (Wildman–Crippen LogP) is 4.19. The minimum absolute atomic E-state index is 0.173. The fourth-order valence-electron chi connectivity index (χ4n) is 4.77. The second-order valence-corrected chi connectivity index (χ2v) is 8.97. The number of carbonyl (C=O) groups is 2. The first-order valence-electron chi connectivity index (χ1n) is 10.2. The van der Waals surface area contributed by atoms with Crippen LogP contribution in [0.2, 0.25) is 0 Å². The van der Waals surface area contributed by atoms with Gasteiger partial charge in [-0.25, -0.2) is 4.79 Å². The molecule has 1 aromatic heterocycles. The first kappa shape index (κ1) is 19.8. The molecule has 4 rings (SSSR count). The van der Waals surface area contributed by atoms with Crippen molar-refractivity contribution in [3.63, 3.8) is 0 Å². The number of rotatable bonds is 4. The molecule has 156 valence electrons. The molecule has 0 atom stereocenters. The Labute approximate surface area is 170 Å². The summed E-state index contributed by atoms with van der Waals surface area (Å²) in [5.74, 6) is -0.0139. The van der Waals surface area contributed by atoms with Crippen LogP contribution in [0.5, 0.6) is 0 Å². The molecule has 2 aliphatic rings. The summed E-state index contributed by atoms with van der Waals surface area (Å²) in [6.45, 7) is 6.18. The van der Waals surface area contributed by atoms with Gasteiger partial charge in [-0.15, -0.1) is 0 Å². The zero-order valence-electron chi connectivity index (χ0n) is 17.5. The van der Waals surface area contributed by atoms with Crippen LogP contribution in [0.4, 0.5) is 10.5 Å². The third-order valence-corrected chi connectivity index (χ3v) is 5.96. The van der Waals surface area contributed by atoms with E-state index in [2.05, 4.69) is 16.0 Å². The van der Waals surface area contributed by atoms with E-state index >= 15 is 0 Å². The van der Waals surface area contributed by atoms with Crippen LogP contribution < -0.4 is 16.0 Å². The normalized spacial score (nSPS) is 18.3. The van der Waals surface area contributed by atoms with Gasteiger partial charge in [-0.1, -0.05) is 19.3 Å². The lowest BCUT2D eigenvalue weighted by molar-refractivity contribution is 0.0795. The van der Waals surface area contributed by atoms with Gasteiger partial charge in [-0.05, 0) is 51.3 Å². The summed E-state index contributed by atoms with van der Waals surface area (Å²) in [5.41, 5.74) is 2.47. The molecular weight excluding hydrogens is 370 g/mol. The SMILES string of the molecule is COCC(C)(C)NC(=O)c1cc2cc(C)c3c(c2o1)C1(CCCCC1)NC(=O)N3. The van der Waals surface area contributed by atoms with Crippen LogP contribution in [0, 0.1) is 6.92 Å². The van der Waals surface area contributed by atoms with Gasteiger partial charge in [0, 0.05) is 18.1 Å². The number of fused-ring (bicyclic) bond motifs is 4. The summed E-state index contributed by atoms with van der Waals surface area (Å²) in [6, 6.07) is 3.58. The van der Waals surface area contributed by atoms with Gasteiger partial charge in [0.25, 0.3) is 5.91 Å². The maximum absolute atomic E-state index is 12.8. The van der Waals surface area contributed by atoms with Gasteiger partial charge in [-0.2, -0.15) is 0 Å². The Morgan fingerprint density at radius 3 is 2.69 bits per heavy atom. The van der Waals surface area contributed by atoms with Gasteiger partial charge in [0.1, 0.15) is 5.58 Å². The van der Waals surface area contributed by atoms with Gasteiger partial charge >= 0.3 is 6.03 Å². The monoisotopic (exact) mass is 399 g/mol. The van der Waals surface area contributed by atoms with Crippen molar-refractivity contribution in [2.45, 2.75) is 64.0 Å². The molecule has 7 heteroatoms. The van der Waals surface area contributed by atoms with E-state index in [0.717, 1.165) is 54.3 Å². The lowest BCUT2D eigenvalue weighted by atomic mass is 9.74. The highest BCUT2D eigenvalue weighted by molar-refractivity contribution is 6.03. The van der Waals surface area contributed by atoms with Crippen LogP contribution in [0.25, 0.3) is 11.0 Å². The van der Waals surface area contributed by atoms with E-state index in [1.165, 1.54) is 0 Å². The number of ether oxygens (including phenoxy) is 1. The van der Waals surface area contributed by atoms with E-state index in [1.807, 2.05) is 26.8 Å². The molecular formula is C22H29N3O4. The number of urea groups is 1. The van der Waals surface area contributed by atoms with Crippen LogP contribution in [0.1, 0.15) is 67.6 Å². The third kappa shape index (κ3) is 3.48. The number of methoxy groups -OCH3 is 1. The second-order valence-electron chi connectivity index (χ2n) is 8.97. The minimum Gasteiger partial charge on any atom is -0.450 e. The Balaban J connectivity index is 1.81. The number of aryl methyl sites for hydroxylation is 1. The molecule has 7 nitrogen and oxygen atoms in total. The van der Waals surface area contributed by atoms with Crippen molar-refractivity contribution in [2.75, 3.05) is 19.0 Å². The molecule has 1 spiro atoms. The van der Waals surface area contributed by atoms with Crippen molar-refractivity contribution in [1.29, 1.82) is 0 Å². The Bertz CT molecular complexity index is 970. The summed E-state index contributed by atoms with van der Waals surface area (Å²) in [5, 5.41) is 9.97. The lowest BCUT2D eigenvalue weighted by Gasteiger charge is -2.43. The summed E-state index contributed by atoms with van der Waals surface area (Å²) >= 11 is 0. The van der Waals surface area contributed by atoms with Gasteiger partial charge in [0.2, 0.25) is 0 Å². The number of benzene rings is 1. The molecule has 1 saturated carbocycles. The topological polar surface area (TPSA) is 92.6 Å². The zero-order chi connectivity index (χ0) is 20.8. The quantitative estimate of drug-likeness (QED) is 0.719. The zero-order valence-corrected chi connectivity index (χ0v) is 17.5. The number of carbonyl (C=O) groups excluding carboxylic acids is 2. The number of hydrogen-bond acceptors (Lipinski definition) is 4. The maximum atomic E-state index is 12.8. The number of hydrogen-bond donors (Lipinski definition) is 3. The number of furan rings is 1. The second kappa shape index (κ2) is 7.06. The molecule has 0 bridgehead atoms. The molecule has 0 radical (unpaired) electrons. The van der Waals surface area contributed by atoms with Crippen LogP contribution in [-0.4, -0.2) is 31.2 Å². The van der Waals surface area contributed by atoms with E-state index in [-0.39, 0.29) is 17.7 Å². The van der Waals surface area contributed by atoms with Gasteiger partial charge in [-0.3, -0.25) is 4.79 Å². The molecule has 1 fully saturated rings. The van der Waals surface area contributed by atoms with Gasteiger partial charge in [0.15, 0.2) is 5.76 Å². The summed E-state index contributed by atoms with van der Waals surface area (Å²) in [4.78, 5) is 25.2. The Kier molecular flexibility index (Phi) is 4.81. The first-order chi connectivity index (χ1) is 13.7. The molecule has 3 N–H and O–H groups in total. The van der Waals surface area contributed by atoms with Gasteiger partial charge < -0.3 is 25.1 Å². The minimum atomic E-state index is -0.514. The lowest BCUT2D eigenvalue weighted by Crippen LogP contribution is -2.52. The smallest absolute Gasteiger partial charge is 0.319 e. The molecule has 29 heavy (non-hydrogen) atoms. The number of nitrogens with one attached hydrogen (secondary N) is 3. The maximum Gasteiger partial charge on any atom is 0.319 e. The van der Waals surface area contributed by atoms with Crippen LogP contribution in [0.3, 0.4) is 0 Å². The average molecular weight is 399 g/mol. The first-order valence-corrected chi connectivity index (χ1v) is 10.2. The van der Waals surface area contributed by atoms with Crippen LogP contribution in [-0.2, 0) is 10.3 Å². The van der Waals surface area contributed by atoms with Crippen LogP contribution >= 0.6 is 0 Å². The fraction of sp³-hybridized carbons (Fsp3) is 0.545. The Morgan fingerprint density at radius 2 is 2.00 bits per heavy atom.